The third-order valence-electron chi connectivity index (χ3n) is 11.2. The van der Waals surface area contributed by atoms with Gasteiger partial charge in [-0.3, -0.25) is 29.8 Å². The predicted octanol–water partition coefficient (Wildman–Crippen LogP) is 1.17. The van der Waals surface area contributed by atoms with Crippen molar-refractivity contribution in [3.63, 3.8) is 0 Å². The van der Waals surface area contributed by atoms with E-state index in [0.717, 1.165) is 0 Å². The Labute approximate surface area is 192 Å². The lowest BCUT2D eigenvalue weighted by atomic mass is 9.46. The maximum Gasteiger partial charge on any atom is 0.418 e. The summed E-state index contributed by atoms with van der Waals surface area (Å²) >= 11 is 0. The molecule has 13 heteroatoms. The Morgan fingerprint density at radius 1 is 0.571 bits per heavy atom. The zero-order valence-electron chi connectivity index (χ0n) is 17.7. The van der Waals surface area contributed by atoms with Gasteiger partial charge in [0, 0.05) is 23.7 Å². The van der Waals surface area contributed by atoms with Crippen molar-refractivity contribution < 1.29 is 50.3 Å². The maximum atomic E-state index is 15.1. The van der Waals surface area contributed by atoms with Crippen molar-refractivity contribution in [1.29, 1.82) is 0 Å². The lowest BCUT2D eigenvalue weighted by Gasteiger charge is -2.53. The molecule has 35 heavy (non-hydrogen) atoms. The minimum Gasteiger partial charge on any atom is -0.348 e. The number of carbonyl (C=O) groups excluding carboxylic acids is 4. The van der Waals surface area contributed by atoms with Crippen LogP contribution in [0.5, 0.6) is 0 Å². The van der Waals surface area contributed by atoms with Gasteiger partial charge < -0.3 is 4.74 Å². The quantitative estimate of drug-likeness (QED) is 0.381. The van der Waals surface area contributed by atoms with E-state index < -0.39 is 118 Å². The van der Waals surface area contributed by atoms with Crippen LogP contribution in [0.3, 0.4) is 0 Å². The predicted molar refractivity (Wildman–Crippen MR) is 96.1 cm³/mol. The van der Waals surface area contributed by atoms with Gasteiger partial charge in [-0.05, 0) is 36.5 Å². The molecule has 188 valence electrons. The van der Waals surface area contributed by atoms with Crippen molar-refractivity contribution in [2.45, 2.75) is 36.4 Å². The van der Waals surface area contributed by atoms with Gasteiger partial charge in [-0.1, -0.05) is 0 Å². The fourth-order valence-corrected chi connectivity index (χ4v) is 11.0. The van der Waals surface area contributed by atoms with Crippen molar-refractivity contribution in [1.82, 2.24) is 10.6 Å². The zero-order chi connectivity index (χ0) is 24.8. The highest BCUT2D eigenvalue weighted by molar-refractivity contribution is 6.07. The lowest BCUT2D eigenvalue weighted by molar-refractivity contribution is -0.329. The molecule has 4 saturated carbocycles. The number of rotatable bonds is 0. The third-order valence-corrected chi connectivity index (χ3v) is 11.2. The van der Waals surface area contributed by atoms with Crippen LogP contribution in [0.25, 0.3) is 0 Å². The highest BCUT2D eigenvalue weighted by atomic mass is 19.4. The molecule has 7 nitrogen and oxygen atoms in total. The number of hydrogen-bond donors (Lipinski definition) is 2. The molecule has 0 spiro atoms. The lowest BCUT2D eigenvalue weighted by Crippen LogP contribution is -2.66. The summed E-state index contributed by atoms with van der Waals surface area (Å²) in [6.07, 6.45) is -10.6. The van der Waals surface area contributed by atoms with E-state index in [4.69, 9.17) is 4.74 Å². The van der Waals surface area contributed by atoms with E-state index in [-0.39, 0.29) is 12.8 Å². The summed E-state index contributed by atoms with van der Waals surface area (Å²) in [5, 5.41) is 4.21. The van der Waals surface area contributed by atoms with Gasteiger partial charge in [0.2, 0.25) is 23.6 Å². The average Bonchev–Trinajstić information content (AvgIpc) is 3.53. The number of halogens is 6. The summed E-state index contributed by atoms with van der Waals surface area (Å²) in [7, 11) is 0. The van der Waals surface area contributed by atoms with Crippen LogP contribution in [0.1, 0.15) is 12.8 Å². The molecule has 14 atom stereocenters. The van der Waals surface area contributed by atoms with E-state index >= 15 is 26.3 Å². The Hall–Kier alpha value is -2.18. The molecule has 4 amide bonds. The number of ether oxygens (including phenoxy) is 1. The Balaban J connectivity index is 1.39. The molecule has 8 rings (SSSR count). The first-order chi connectivity index (χ1) is 16.3. The number of fused-ring (bicyclic) bond motifs is 22. The SMILES string of the molecule is O=C1NC(=O)[C@@H]2C1C1CC2[C@@H]2C1C1(C(F)(F)F)OC2(C(F)(F)F)[C@H]2C3CC(C4C(=O)NC(=O)[C@@H]43)C21. The molecule has 4 aliphatic carbocycles. The van der Waals surface area contributed by atoms with Crippen LogP contribution >= 0.6 is 0 Å². The molecule has 8 fully saturated rings. The number of carbonyl (C=O) groups is 4. The van der Waals surface area contributed by atoms with E-state index in [1.54, 1.807) is 0 Å². The highest BCUT2D eigenvalue weighted by Crippen LogP contribution is 2.86. The van der Waals surface area contributed by atoms with Crippen LogP contribution in [-0.4, -0.2) is 47.2 Å². The normalized spacial score (nSPS) is 58.6. The van der Waals surface area contributed by atoms with E-state index in [0.29, 0.717) is 0 Å². The molecule has 4 saturated heterocycles. The standard InChI is InChI=1S/C22H18F6N2O5/c23-21(24,25)19-11-3-1-4(8-7(3)15(31)29-16(8)32)12(11)20(35-19,22(26,27)28)14-6-2-5(13(14)19)9-10(6)18(34)30-17(9)33/h3-14H,1-2H2,(H,29,31,32)(H,30,33,34)/t3?,4?,5?,6?,7-,8?,9+,10?,11+,12?,13-,14?,19?,20?. The second kappa shape index (κ2) is 5.40. The van der Waals surface area contributed by atoms with Gasteiger partial charge in [0.25, 0.3) is 0 Å². The van der Waals surface area contributed by atoms with Crippen molar-refractivity contribution >= 4 is 23.6 Å². The number of alkyl halides is 6. The van der Waals surface area contributed by atoms with Gasteiger partial charge in [0.1, 0.15) is 0 Å². The Kier molecular flexibility index (Phi) is 3.23. The topological polar surface area (TPSA) is 102 Å². The fraction of sp³-hybridized carbons (Fsp3) is 0.818. The maximum absolute atomic E-state index is 15.1. The van der Waals surface area contributed by atoms with Crippen molar-refractivity contribution in [3.05, 3.63) is 0 Å². The first-order valence-corrected chi connectivity index (χ1v) is 11.8. The van der Waals surface area contributed by atoms with E-state index in [1.807, 2.05) is 0 Å². The summed E-state index contributed by atoms with van der Waals surface area (Å²) in [5.74, 6) is -18.3. The van der Waals surface area contributed by atoms with Gasteiger partial charge in [-0.15, -0.1) is 0 Å². The molecule has 2 N–H and O–H groups in total. The first kappa shape index (κ1) is 21.0. The molecular formula is C22H18F6N2O5. The van der Waals surface area contributed by atoms with Crippen LogP contribution < -0.4 is 10.6 Å². The number of amides is 4. The Bertz CT molecular complexity index is 1010. The summed E-state index contributed by atoms with van der Waals surface area (Å²) in [6.45, 7) is 0. The summed E-state index contributed by atoms with van der Waals surface area (Å²) in [6, 6.07) is 0. The molecule has 0 aromatic carbocycles. The van der Waals surface area contributed by atoms with Crippen LogP contribution in [0, 0.1) is 71.0 Å². The monoisotopic (exact) mass is 504 g/mol. The molecule has 4 aliphatic heterocycles. The smallest absolute Gasteiger partial charge is 0.348 e. The van der Waals surface area contributed by atoms with Crippen molar-refractivity contribution in [3.8, 4) is 0 Å². The molecule has 0 radical (unpaired) electrons. The Morgan fingerprint density at radius 3 is 1.06 bits per heavy atom. The van der Waals surface area contributed by atoms with Crippen molar-refractivity contribution in [2.75, 3.05) is 0 Å². The molecular weight excluding hydrogens is 486 g/mol. The fourth-order valence-electron chi connectivity index (χ4n) is 11.0. The van der Waals surface area contributed by atoms with Gasteiger partial charge >= 0.3 is 12.4 Å². The van der Waals surface area contributed by atoms with Crippen molar-refractivity contribution in [2.24, 2.45) is 71.0 Å². The second-order valence-corrected chi connectivity index (χ2v) is 11.7. The largest absolute Gasteiger partial charge is 0.418 e. The van der Waals surface area contributed by atoms with E-state index in [1.165, 1.54) is 0 Å². The van der Waals surface area contributed by atoms with Crippen LogP contribution in [-0.2, 0) is 23.9 Å². The Morgan fingerprint density at radius 2 is 0.829 bits per heavy atom. The molecule has 8 aliphatic rings. The molecule has 0 aromatic heterocycles. The van der Waals surface area contributed by atoms with Gasteiger partial charge in [0.05, 0.1) is 23.7 Å². The second-order valence-electron chi connectivity index (χ2n) is 11.7. The van der Waals surface area contributed by atoms with Gasteiger partial charge in [0.15, 0.2) is 11.2 Å². The molecule has 0 aromatic rings. The summed E-state index contributed by atoms with van der Waals surface area (Å²) < 4.78 is 96.2. The number of hydrogen-bond acceptors (Lipinski definition) is 5. The molecule has 4 heterocycles. The zero-order valence-corrected chi connectivity index (χ0v) is 17.7. The average molecular weight is 504 g/mol. The van der Waals surface area contributed by atoms with Crippen LogP contribution in [0.15, 0.2) is 0 Å². The van der Waals surface area contributed by atoms with Crippen LogP contribution in [0.2, 0.25) is 0 Å². The minimum atomic E-state index is -5.21. The number of imide groups is 2. The minimum absolute atomic E-state index is 0.0795. The van der Waals surface area contributed by atoms with Gasteiger partial charge in [-0.25, -0.2) is 0 Å². The van der Waals surface area contributed by atoms with Crippen LogP contribution in [0.4, 0.5) is 26.3 Å². The molecule has 10 unspecified atom stereocenters. The summed E-state index contributed by atoms with van der Waals surface area (Å²) in [5.41, 5.74) is -6.38. The third kappa shape index (κ3) is 1.79. The van der Waals surface area contributed by atoms with E-state index in [9.17, 15) is 19.2 Å². The first-order valence-electron chi connectivity index (χ1n) is 11.8. The van der Waals surface area contributed by atoms with Gasteiger partial charge in [-0.2, -0.15) is 26.3 Å². The summed E-state index contributed by atoms with van der Waals surface area (Å²) in [4.78, 5) is 50.0. The highest BCUT2D eigenvalue weighted by Gasteiger charge is 2.97. The number of nitrogens with one attached hydrogen (secondary N) is 2. The van der Waals surface area contributed by atoms with E-state index in [2.05, 4.69) is 10.6 Å². The molecule has 6 bridgehead atoms.